The minimum atomic E-state index is 0.730. The van der Waals surface area contributed by atoms with Gasteiger partial charge in [-0.1, -0.05) is 6.07 Å². The summed E-state index contributed by atoms with van der Waals surface area (Å²) >= 11 is 0. The highest BCUT2D eigenvalue weighted by Crippen LogP contribution is 2.15. The molecule has 0 spiro atoms. The number of aromatic nitrogens is 2. The lowest BCUT2D eigenvalue weighted by Crippen LogP contribution is -1.93. The first-order valence-corrected chi connectivity index (χ1v) is 3.90. The Morgan fingerprint density at radius 1 is 1.42 bits per heavy atom. The van der Waals surface area contributed by atoms with Crippen LogP contribution in [0.25, 0.3) is 5.65 Å². The molecule has 12 heavy (non-hydrogen) atoms. The topological polar surface area (TPSA) is 43.3 Å². The number of pyridine rings is 1. The molecular weight excluding hydrogens is 150 g/mol. The summed E-state index contributed by atoms with van der Waals surface area (Å²) in [4.78, 5) is 4.35. The third-order valence-corrected chi connectivity index (χ3v) is 2.07. The Hall–Kier alpha value is -1.51. The van der Waals surface area contributed by atoms with E-state index in [1.807, 2.05) is 36.6 Å². The minimum absolute atomic E-state index is 0.730. The first-order valence-electron chi connectivity index (χ1n) is 3.90. The van der Waals surface area contributed by atoms with Gasteiger partial charge in [-0.15, -0.1) is 0 Å². The molecule has 0 aromatic carbocycles. The summed E-state index contributed by atoms with van der Waals surface area (Å²) in [5.41, 5.74) is 8.80. The quantitative estimate of drug-likeness (QED) is 0.636. The maximum Gasteiger partial charge on any atom is 0.141 e. The molecular formula is C9H11N3. The number of fused-ring (bicyclic) bond motifs is 1. The van der Waals surface area contributed by atoms with Crippen molar-refractivity contribution in [2.75, 3.05) is 5.73 Å². The van der Waals surface area contributed by atoms with Crippen molar-refractivity contribution in [1.82, 2.24) is 9.38 Å². The molecule has 0 bridgehead atoms. The van der Waals surface area contributed by atoms with Gasteiger partial charge in [-0.2, -0.15) is 0 Å². The van der Waals surface area contributed by atoms with E-state index < -0.39 is 0 Å². The van der Waals surface area contributed by atoms with E-state index >= 15 is 0 Å². The second-order valence-corrected chi connectivity index (χ2v) is 2.97. The molecule has 2 aromatic heterocycles. The largest absolute Gasteiger partial charge is 0.383 e. The van der Waals surface area contributed by atoms with E-state index in [1.54, 1.807) is 0 Å². The average molecular weight is 161 g/mol. The van der Waals surface area contributed by atoms with Gasteiger partial charge in [0.05, 0.1) is 5.69 Å². The van der Waals surface area contributed by atoms with Crippen LogP contribution in [0.2, 0.25) is 0 Å². The van der Waals surface area contributed by atoms with Crippen LogP contribution >= 0.6 is 0 Å². The molecule has 2 aromatic rings. The Morgan fingerprint density at radius 2 is 2.17 bits per heavy atom. The molecule has 0 radical (unpaired) electrons. The predicted octanol–water partition coefficient (Wildman–Crippen LogP) is 1.53. The lowest BCUT2D eigenvalue weighted by molar-refractivity contribution is 1.17. The van der Waals surface area contributed by atoms with Crippen molar-refractivity contribution < 1.29 is 0 Å². The predicted molar refractivity (Wildman–Crippen MR) is 49.1 cm³/mol. The molecule has 2 N–H and O–H groups in total. The summed E-state index contributed by atoms with van der Waals surface area (Å²) in [6, 6.07) is 4.00. The number of hydrogen-bond acceptors (Lipinski definition) is 2. The monoisotopic (exact) mass is 161 g/mol. The van der Waals surface area contributed by atoms with Crippen molar-refractivity contribution in [1.29, 1.82) is 0 Å². The zero-order chi connectivity index (χ0) is 8.72. The second kappa shape index (κ2) is 2.24. The van der Waals surface area contributed by atoms with Gasteiger partial charge >= 0.3 is 0 Å². The summed E-state index contributed by atoms with van der Waals surface area (Å²) in [5.74, 6) is 0.730. The molecule has 3 nitrogen and oxygen atoms in total. The molecule has 0 saturated carbocycles. The summed E-state index contributed by atoms with van der Waals surface area (Å²) in [6.45, 7) is 3.95. The first kappa shape index (κ1) is 7.16. The standard InChI is InChI=1S/C9H11N3/c1-6-4-3-5-12-8(10)7(2)11-9(6)12/h3-5H,10H2,1-2H3. The third kappa shape index (κ3) is 0.794. The van der Waals surface area contributed by atoms with Crippen LogP contribution in [0.15, 0.2) is 18.3 Å². The zero-order valence-electron chi connectivity index (χ0n) is 7.20. The highest BCUT2D eigenvalue weighted by atomic mass is 15.1. The molecule has 2 heterocycles. The fraction of sp³-hybridized carbons (Fsp3) is 0.222. The van der Waals surface area contributed by atoms with Crippen LogP contribution < -0.4 is 5.73 Å². The normalized spacial score (nSPS) is 10.8. The van der Waals surface area contributed by atoms with Gasteiger partial charge in [-0.3, -0.25) is 4.40 Å². The van der Waals surface area contributed by atoms with E-state index in [-0.39, 0.29) is 0 Å². The van der Waals surface area contributed by atoms with Gasteiger partial charge in [0.25, 0.3) is 0 Å². The van der Waals surface area contributed by atoms with Gasteiger partial charge in [-0.25, -0.2) is 4.98 Å². The van der Waals surface area contributed by atoms with Crippen molar-refractivity contribution in [3.63, 3.8) is 0 Å². The number of hydrogen-bond donors (Lipinski definition) is 1. The average Bonchev–Trinajstić information content (AvgIpc) is 2.32. The number of nitrogen functional groups attached to an aromatic ring is 1. The van der Waals surface area contributed by atoms with Crippen LogP contribution in [0.5, 0.6) is 0 Å². The van der Waals surface area contributed by atoms with Crippen LogP contribution in [0.1, 0.15) is 11.3 Å². The summed E-state index contributed by atoms with van der Waals surface area (Å²) < 4.78 is 1.91. The highest BCUT2D eigenvalue weighted by molar-refractivity contribution is 5.56. The fourth-order valence-electron chi connectivity index (χ4n) is 1.34. The minimum Gasteiger partial charge on any atom is -0.383 e. The number of nitrogens with two attached hydrogens (primary N) is 1. The highest BCUT2D eigenvalue weighted by Gasteiger charge is 2.04. The third-order valence-electron chi connectivity index (χ3n) is 2.07. The SMILES string of the molecule is Cc1nc2c(C)cccn2c1N. The van der Waals surface area contributed by atoms with Gasteiger partial charge in [0.2, 0.25) is 0 Å². The van der Waals surface area contributed by atoms with Crippen LogP contribution in [0, 0.1) is 13.8 Å². The number of anilines is 1. The second-order valence-electron chi connectivity index (χ2n) is 2.97. The van der Waals surface area contributed by atoms with E-state index in [0.29, 0.717) is 0 Å². The number of nitrogens with zero attached hydrogens (tertiary/aromatic N) is 2. The fourth-order valence-corrected chi connectivity index (χ4v) is 1.34. The molecule has 2 rings (SSSR count). The van der Waals surface area contributed by atoms with E-state index in [0.717, 1.165) is 22.7 Å². The first-order chi connectivity index (χ1) is 5.70. The van der Waals surface area contributed by atoms with Crippen LogP contribution in [0.4, 0.5) is 5.82 Å². The Morgan fingerprint density at radius 3 is 2.83 bits per heavy atom. The maximum absolute atomic E-state index is 5.81. The zero-order valence-corrected chi connectivity index (χ0v) is 7.20. The van der Waals surface area contributed by atoms with Crippen LogP contribution in [0.3, 0.4) is 0 Å². The molecule has 3 heteroatoms. The lowest BCUT2D eigenvalue weighted by Gasteiger charge is -1.97. The van der Waals surface area contributed by atoms with E-state index in [1.165, 1.54) is 0 Å². The van der Waals surface area contributed by atoms with Gasteiger partial charge in [0.15, 0.2) is 0 Å². The molecule has 0 aliphatic heterocycles. The Bertz CT molecular complexity index is 429. The molecule has 0 unspecified atom stereocenters. The summed E-state index contributed by atoms with van der Waals surface area (Å²) in [6.07, 6.45) is 1.93. The molecule has 0 fully saturated rings. The van der Waals surface area contributed by atoms with Crippen molar-refractivity contribution in [2.45, 2.75) is 13.8 Å². The number of rotatable bonds is 0. The van der Waals surface area contributed by atoms with Gasteiger partial charge in [-0.05, 0) is 25.5 Å². The molecule has 62 valence electrons. The maximum atomic E-state index is 5.81. The molecule has 0 aliphatic carbocycles. The molecule has 0 aliphatic rings. The van der Waals surface area contributed by atoms with Gasteiger partial charge in [0.1, 0.15) is 11.5 Å². The van der Waals surface area contributed by atoms with Crippen LogP contribution in [-0.4, -0.2) is 9.38 Å². The Balaban J connectivity index is 2.95. The van der Waals surface area contributed by atoms with Crippen molar-refractivity contribution >= 4 is 11.5 Å². The van der Waals surface area contributed by atoms with E-state index in [2.05, 4.69) is 4.98 Å². The molecule has 0 atom stereocenters. The summed E-state index contributed by atoms with van der Waals surface area (Å²) in [7, 11) is 0. The summed E-state index contributed by atoms with van der Waals surface area (Å²) in [5, 5.41) is 0. The van der Waals surface area contributed by atoms with Crippen molar-refractivity contribution in [3.05, 3.63) is 29.6 Å². The number of imidazole rings is 1. The van der Waals surface area contributed by atoms with E-state index in [9.17, 15) is 0 Å². The van der Waals surface area contributed by atoms with Crippen LogP contribution in [-0.2, 0) is 0 Å². The van der Waals surface area contributed by atoms with Crippen molar-refractivity contribution in [2.24, 2.45) is 0 Å². The smallest absolute Gasteiger partial charge is 0.141 e. The van der Waals surface area contributed by atoms with Crippen molar-refractivity contribution in [3.8, 4) is 0 Å². The number of aryl methyl sites for hydroxylation is 2. The van der Waals surface area contributed by atoms with E-state index in [4.69, 9.17) is 5.73 Å². The molecule has 0 amide bonds. The Kier molecular flexibility index (Phi) is 1.33. The van der Waals surface area contributed by atoms with Gasteiger partial charge < -0.3 is 5.73 Å². The van der Waals surface area contributed by atoms with Gasteiger partial charge in [0, 0.05) is 6.20 Å². The Labute approximate surface area is 70.8 Å². The lowest BCUT2D eigenvalue weighted by atomic mass is 10.3. The molecule has 0 saturated heterocycles.